The van der Waals surface area contributed by atoms with Gasteiger partial charge in [0, 0.05) is 15.6 Å². The minimum absolute atomic E-state index is 0.0637. The van der Waals surface area contributed by atoms with Crippen LogP contribution in [0.1, 0.15) is 21.5 Å². The summed E-state index contributed by atoms with van der Waals surface area (Å²) in [5, 5.41) is 0.478. The number of hydrogen-bond donors (Lipinski definition) is 0. The molecular weight excluding hydrogens is 300 g/mol. The van der Waals surface area contributed by atoms with Crippen LogP contribution in [-0.2, 0) is 0 Å². The van der Waals surface area contributed by atoms with Crippen LogP contribution in [0.25, 0.3) is 0 Å². The monoisotopic (exact) mass is 308 g/mol. The fourth-order valence-electron chi connectivity index (χ4n) is 1.60. The third-order valence-electron chi connectivity index (χ3n) is 2.48. The van der Waals surface area contributed by atoms with E-state index < -0.39 is 0 Å². The van der Waals surface area contributed by atoms with Crippen LogP contribution in [0.3, 0.4) is 0 Å². The van der Waals surface area contributed by atoms with Gasteiger partial charge < -0.3 is 0 Å². The molecule has 17 heavy (non-hydrogen) atoms. The molecule has 0 saturated carbocycles. The summed E-state index contributed by atoms with van der Waals surface area (Å²) < 4.78 is 0.785. The standard InChI is InChI=1S/C14H10BrClO/c1-9-6-7-12(15)11(8-9)14(17)10-4-2-3-5-13(10)16/h2-8H,1H3. The minimum atomic E-state index is -0.0637. The molecule has 0 aliphatic carbocycles. The Balaban J connectivity index is 2.51. The largest absolute Gasteiger partial charge is 0.289 e. The van der Waals surface area contributed by atoms with Crippen molar-refractivity contribution in [3.8, 4) is 0 Å². The summed E-state index contributed by atoms with van der Waals surface area (Å²) >= 11 is 9.41. The zero-order valence-electron chi connectivity index (χ0n) is 9.21. The molecule has 0 aliphatic rings. The molecule has 3 heteroatoms. The summed E-state index contributed by atoms with van der Waals surface area (Å²) in [6.45, 7) is 1.95. The van der Waals surface area contributed by atoms with Crippen molar-refractivity contribution >= 4 is 33.3 Å². The molecule has 0 aliphatic heterocycles. The summed E-state index contributed by atoms with van der Waals surface area (Å²) in [5.74, 6) is -0.0637. The molecule has 0 N–H and O–H groups in total. The van der Waals surface area contributed by atoms with Gasteiger partial charge in [0.1, 0.15) is 0 Å². The Bertz CT molecular complexity index is 578. The highest BCUT2D eigenvalue weighted by Gasteiger charge is 2.15. The Morgan fingerprint density at radius 1 is 1.12 bits per heavy atom. The van der Waals surface area contributed by atoms with Gasteiger partial charge in [-0.15, -0.1) is 0 Å². The number of carbonyl (C=O) groups excluding carboxylic acids is 1. The molecule has 0 saturated heterocycles. The molecule has 0 unspecified atom stereocenters. The first-order chi connectivity index (χ1) is 8.09. The molecule has 0 aromatic heterocycles. The summed E-state index contributed by atoms with van der Waals surface area (Å²) in [5.41, 5.74) is 2.21. The minimum Gasteiger partial charge on any atom is -0.289 e. The maximum atomic E-state index is 12.3. The van der Waals surface area contributed by atoms with Gasteiger partial charge in [0.15, 0.2) is 5.78 Å². The topological polar surface area (TPSA) is 17.1 Å². The number of ketones is 1. The van der Waals surface area contributed by atoms with Crippen molar-refractivity contribution in [1.82, 2.24) is 0 Å². The average molecular weight is 310 g/mol. The highest BCUT2D eigenvalue weighted by Crippen LogP contribution is 2.24. The first-order valence-electron chi connectivity index (χ1n) is 5.15. The number of carbonyl (C=O) groups is 1. The van der Waals surface area contributed by atoms with Crippen molar-refractivity contribution in [3.63, 3.8) is 0 Å². The van der Waals surface area contributed by atoms with Crippen LogP contribution in [0.4, 0.5) is 0 Å². The molecule has 0 amide bonds. The van der Waals surface area contributed by atoms with E-state index in [0.29, 0.717) is 16.1 Å². The van der Waals surface area contributed by atoms with Gasteiger partial charge in [-0.05, 0) is 31.2 Å². The lowest BCUT2D eigenvalue weighted by Crippen LogP contribution is -2.03. The molecule has 0 bridgehead atoms. The van der Waals surface area contributed by atoms with E-state index in [1.54, 1.807) is 12.1 Å². The lowest BCUT2D eigenvalue weighted by molar-refractivity contribution is 0.103. The molecule has 0 fully saturated rings. The summed E-state index contributed by atoms with van der Waals surface area (Å²) in [4.78, 5) is 12.3. The lowest BCUT2D eigenvalue weighted by atomic mass is 10.0. The predicted molar refractivity (Wildman–Crippen MR) is 73.8 cm³/mol. The molecular formula is C14H10BrClO. The number of hydrogen-bond acceptors (Lipinski definition) is 1. The van der Waals surface area contributed by atoms with Gasteiger partial charge in [-0.1, -0.05) is 51.3 Å². The molecule has 0 spiro atoms. The Labute approximate surface area is 114 Å². The van der Waals surface area contributed by atoms with Crippen molar-refractivity contribution in [1.29, 1.82) is 0 Å². The van der Waals surface area contributed by atoms with Gasteiger partial charge >= 0.3 is 0 Å². The third kappa shape index (κ3) is 2.59. The van der Waals surface area contributed by atoms with E-state index in [9.17, 15) is 4.79 Å². The van der Waals surface area contributed by atoms with Gasteiger partial charge in [-0.25, -0.2) is 0 Å². The number of halogens is 2. The number of aryl methyl sites for hydroxylation is 1. The van der Waals surface area contributed by atoms with E-state index in [-0.39, 0.29) is 5.78 Å². The third-order valence-corrected chi connectivity index (χ3v) is 3.51. The first-order valence-corrected chi connectivity index (χ1v) is 6.32. The van der Waals surface area contributed by atoms with E-state index in [4.69, 9.17) is 11.6 Å². The van der Waals surface area contributed by atoms with Gasteiger partial charge in [0.25, 0.3) is 0 Å². The van der Waals surface area contributed by atoms with E-state index in [2.05, 4.69) is 15.9 Å². The van der Waals surface area contributed by atoms with Crippen LogP contribution in [0.15, 0.2) is 46.9 Å². The fraction of sp³-hybridized carbons (Fsp3) is 0.0714. The lowest BCUT2D eigenvalue weighted by Gasteiger charge is -2.06. The molecule has 2 aromatic rings. The second-order valence-electron chi connectivity index (χ2n) is 3.79. The van der Waals surface area contributed by atoms with Crippen LogP contribution in [0.5, 0.6) is 0 Å². The van der Waals surface area contributed by atoms with Gasteiger partial charge in [-0.3, -0.25) is 4.79 Å². The predicted octanol–water partition coefficient (Wildman–Crippen LogP) is 4.64. The maximum absolute atomic E-state index is 12.3. The van der Waals surface area contributed by atoms with E-state index in [0.717, 1.165) is 10.0 Å². The second-order valence-corrected chi connectivity index (χ2v) is 5.05. The Morgan fingerprint density at radius 3 is 2.53 bits per heavy atom. The zero-order valence-corrected chi connectivity index (χ0v) is 11.5. The summed E-state index contributed by atoms with van der Waals surface area (Å²) in [6.07, 6.45) is 0. The average Bonchev–Trinajstić information content (AvgIpc) is 2.32. The maximum Gasteiger partial charge on any atom is 0.195 e. The fourth-order valence-corrected chi connectivity index (χ4v) is 2.25. The van der Waals surface area contributed by atoms with E-state index in [1.807, 2.05) is 37.3 Å². The molecule has 2 rings (SSSR count). The number of rotatable bonds is 2. The molecule has 2 aromatic carbocycles. The highest BCUT2D eigenvalue weighted by atomic mass is 79.9. The molecule has 0 heterocycles. The van der Waals surface area contributed by atoms with Crippen LogP contribution in [0.2, 0.25) is 5.02 Å². The Kier molecular flexibility index (Phi) is 3.65. The van der Waals surface area contributed by atoms with Crippen molar-refractivity contribution in [3.05, 3.63) is 68.7 Å². The van der Waals surface area contributed by atoms with Crippen molar-refractivity contribution in [2.24, 2.45) is 0 Å². The van der Waals surface area contributed by atoms with Gasteiger partial charge in [-0.2, -0.15) is 0 Å². The normalized spacial score (nSPS) is 10.3. The van der Waals surface area contributed by atoms with E-state index in [1.165, 1.54) is 0 Å². The van der Waals surface area contributed by atoms with Crippen LogP contribution >= 0.6 is 27.5 Å². The van der Waals surface area contributed by atoms with Crippen molar-refractivity contribution in [2.75, 3.05) is 0 Å². The molecule has 86 valence electrons. The van der Waals surface area contributed by atoms with Gasteiger partial charge in [0.05, 0.1) is 5.02 Å². The second kappa shape index (κ2) is 5.03. The quantitative estimate of drug-likeness (QED) is 0.738. The molecule has 1 nitrogen and oxygen atoms in total. The van der Waals surface area contributed by atoms with Crippen LogP contribution in [-0.4, -0.2) is 5.78 Å². The molecule has 0 radical (unpaired) electrons. The zero-order chi connectivity index (χ0) is 12.4. The van der Waals surface area contributed by atoms with Crippen molar-refractivity contribution in [2.45, 2.75) is 6.92 Å². The number of benzene rings is 2. The highest BCUT2D eigenvalue weighted by molar-refractivity contribution is 9.10. The Morgan fingerprint density at radius 2 is 1.82 bits per heavy atom. The SMILES string of the molecule is Cc1ccc(Br)c(C(=O)c2ccccc2Cl)c1. The van der Waals surface area contributed by atoms with E-state index >= 15 is 0 Å². The Hall–Kier alpha value is -1.12. The van der Waals surface area contributed by atoms with Gasteiger partial charge in [0.2, 0.25) is 0 Å². The first kappa shape index (κ1) is 12.3. The van der Waals surface area contributed by atoms with Crippen molar-refractivity contribution < 1.29 is 4.79 Å². The summed E-state index contributed by atoms with van der Waals surface area (Å²) in [7, 11) is 0. The molecule has 0 atom stereocenters. The smallest absolute Gasteiger partial charge is 0.195 e. The summed E-state index contributed by atoms with van der Waals surface area (Å²) in [6, 6.07) is 12.8. The van der Waals surface area contributed by atoms with Crippen LogP contribution < -0.4 is 0 Å². The van der Waals surface area contributed by atoms with Crippen LogP contribution in [0, 0.1) is 6.92 Å².